The van der Waals surface area contributed by atoms with E-state index in [-0.39, 0.29) is 0 Å². The van der Waals surface area contributed by atoms with Crippen molar-refractivity contribution in [1.82, 2.24) is 0 Å². The van der Waals surface area contributed by atoms with Gasteiger partial charge < -0.3 is 0 Å². The maximum Gasteiger partial charge on any atom is -0.00113 e. The van der Waals surface area contributed by atoms with Gasteiger partial charge >= 0.3 is 0 Å². The average Bonchev–Trinajstić information content (AvgIpc) is 2.48. The second-order valence-electron chi connectivity index (χ2n) is 4.62. The van der Waals surface area contributed by atoms with E-state index >= 15 is 0 Å². The quantitative estimate of drug-likeness (QED) is 0.566. The lowest BCUT2D eigenvalue weighted by molar-refractivity contribution is 1.29. The summed E-state index contributed by atoms with van der Waals surface area (Å²) in [6.45, 7) is 3.86. The number of benzene rings is 3. The van der Waals surface area contributed by atoms with Gasteiger partial charge in [0.25, 0.3) is 0 Å². The molecule has 0 aromatic heterocycles. The van der Waals surface area contributed by atoms with Crippen LogP contribution in [0.2, 0.25) is 0 Å². The normalized spacial score (nSPS) is 10.5. The molecule has 19 heavy (non-hydrogen) atoms. The van der Waals surface area contributed by atoms with Gasteiger partial charge in [-0.2, -0.15) is 0 Å². The van der Waals surface area contributed by atoms with Gasteiger partial charge in [0, 0.05) is 0 Å². The predicted octanol–water partition coefficient (Wildman–Crippen LogP) is 5.04. The van der Waals surface area contributed by atoms with Gasteiger partial charge in [-0.1, -0.05) is 66.7 Å². The molecular weight excluding hydrogens is 228 g/mol. The van der Waals surface area contributed by atoms with E-state index in [0.29, 0.717) is 0 Å². The van der Waals surface area contributed by atoms with E-state index in [1.807, 2.05) is 12.1 Å². The minimum atomic E-state index is 0.867. The van der Waals surface area contributed by atoms with Crippen LogP contribution in [0.5, 0.6) is 0 Å². The molecule has 0 heteroatoms. The zero-order valence-electron chi connectivity index (χ0n) is 10.8. The van der Waals surface area contributed by atoms with Crippen LogP contribution in [-0.2, 0) is 6.42 Å². The standard InChI is InChI=1S/C19H15/c1-2-8-18-13-16-11-6-7-12-17(16)14-19(18)15-9-4-3-5-10-15/h2-7,9-13H,1,8H2. The molecule has 3 rings (SSSR count). The first-order chi connectivity index (χ1) is 9.38. The van der Waals surface area contributed by atoms with Crippen LogP contribution in [0.3, 0.4) is 0 Å². The fraction of sp³-hybridized carbons (Fsp3) is 0.0526. The Labute approximate surface area is 114 Å². The van der Waals surface area contributed by atoms with Crippen LogP contribution >= 0.6 is 0 Å². The number of hydrogen-bond acceptors (Lipinski definition) is 0. The summed E-state index contributed by atoms with van der Waals surface area (Å²) in [5, 5.41) is 2.40. The monoisotopic (exact) mass is 243 g/mol. The average molecular weight is 243 g/mol. The van der Waals surface area contributed by atoms with Gasteiger partial charge in [-0.05, 0) is 39.9 Å². The van der Waals surface area contributed by atoms with Gasteiger partial charge in [0.05, 0.1) is 0 Å². The minimum Gasteiger partial charge on any atom is -0.103 e. The van der Waals surface area contributed by atoms with Crippen LogP contribution in [0.15, 0.2) is 73.3 Å². The molecule has 3 aromatic rings. The highest BCUT2D eigenvalue weighted by Gasteiger charge is 2.06. The third kappa shape index (κ3) is 2.30. The number of fused-ring (bicyclic) bond motifs is 1. The smallest absolute Gasteiger partial charge is 0.00113 e. The van der Waals surface area contributed by atoms with Crippen molar-refractivity contribution < 1.29 is 0 Å². The molecule has 0 aliphatic carbocycles. The first-order valence-corrected chi connectivity index (χ1v) is 6.49. The van der Waals surface area contributed by atoms with Crippen molar-refractivity contribution in [1.29, 1.82) is 0 Å². The van der Waals surface area contributed by atoms with E-state index in [1.165, 1.54) is 22.1 Å². The number of rotatable bonds is 3. The molecule has 91 valence electrons. The molecule has 0 spiro atoms. The fourth-order valence-electron chi connectivity index (χ4n) is 2.39. The maximum atomic E-state index is 3.86. The van der Waals surface area contributed by atoms with E-state index in [1.54, 1.807) is 0 Å². The van der Waals surface area contributed by atoms with Crippen LogP contribution in [0.4, 0.5) is 0 Å². The first kappa shape index (κ1) is 11.7. The topological polar surface area (TPSA) is 0 Å². The molecule has 0 heterocycles. The predicted molar refractivity (Wildman–Crippen MR) is 82.1 cm³/mol. The van der Waals surface area contributed by atoms with Gasteiger partial charge in [0.15, 0.2) is 0 Å². The third-order valence-corrected chi connectivity index (χ3v) is 3.30. The maximum absolute atomic E-state index is 3.86. The molecule has 0 saturated carbocycles. The Kier molecular flexibility index (Phi) is 3.16. The highest BCUT2D eigenvalue weighted by Crippen LogP contribution is 2.28. The lowest BCUT2D eigenvalue weighted by Gasteiger charge is -2.10. The summed E-state index contributed by atoms with van der Waals surface area (Å²) < 4.78 is 0. The van der Waals surface area contributed by atoms with Crippen molar-refractivity contribution >= 4 is 10.8 Å². The molecule has 0 aliphatic rings. The SMILES string of the molecule is C=CCc1cc2ccccc2[c]c1-c1ccccc1. The Bertz CT molecular complexity index is 708. The molecule has 3 aromatic carbocycles. The van der Waals surface area contributed by atoms with Crippen LogP contribution in [-0.4, -0.2) is 0 Å². The molecule has 0 aliphatic heterocycles. The molecule has 0 fully saturated rings. The summed E-state index contributed by atoms with van der Waals surface area (Å²) in [5.41, 5.74) is 3.67. The molecule has 0 unspecified atom stereocenters. The summed E-state index contributed by atoms with van der Waals surface area (Å²) in [6, 6.07) is 24.6. The van der Waals surface area contributed by atoms with Crippen LogP contribution < -0.4 is 0 Å². The van der Waals surface area contributed by atoms with Crippen molar-refractivity contribution in [2.24, 2.45) is 0 Å². The van der Waals surface area contributed by atoms with Gasteiger partial charge in [0.1, 0.15) is 0 Å². The molecule has 0 nitrogen and oxygen atoms in total. The number of allylic oxidation sites excluding steroid dienone is 1. The van der Waals surface area contributed by atoms with E-state index in [4.69, 9.17) is 0 Å². The Morgan fingerprint density at radius 3 is 2.47 bits per heavy atom. The molecule has 0 N–H and O–H groups in total. The van der Waals surface area contributed by atoms with Gasteiger partial charge in [-0.15, -0.1) is 6.58 Å². The van der Waals surface area contributed by atoms with Crippen LogP contribution in [0.1, 0.15) is 5.56 Å². The lowest BCUT2D eigenvalue weighted by Crippen LogP contribution is -1.89. The second-order valence-corrected chi connectivity index (χ2v) is 4.62. The zero-order valence-corrected chi connectivity index (χ0v) is 10.8. The highest BCUT2D eigenvalue weighted by molar-refractivity contribution is 5.88. The molecule has 0 atom stereocenters. The molecule has 1 radical (unpaired) electrons. The van der Waals surface area contributed by atoms with Gasteiger partial charge in [-0.3, -0.25) is 0 Å². The summed E-state index contributed by atoms with van der Waals surface area (Å²) >= 11 is 0. The second kappa shape index (κ2) is 5.11. The van der Waals surface area contributed by atoms with Crippen molar-refractivity contribution in [3.05, 3.63) is 84.9 Å². The largest absolute Gasteiger partial charge is 0.103 e. The Balaban J connectivity index is 2.26. The number of hydrogen-bond donors (Lipinski definition) is 0. The molecular formula is C19H15. The molecule has 0 saturated heterocycles. The van der Waals surface area contributed by atoms with Crippen LogP contribution in [0.25, 0.3) is 21.9 Å². The van der Waals surface area contributed by atoms with Crippen molar-refractivity contribution in [2.45, 2.75) is 6.42 Å². The Morgan fingerprint density at radius 2 is 1.68 bits per heavy atom. The summed E-state index contributed by atoms with van der Waals surface area (Å²) in [6.07, 6.45) is 2.82. The first-order valence-electron chi connectivity index (χ1n) is 6.49. The highest BCUT2D eigenvalue weighted by atomic mass is 14.1. The summed E-state index contributed by atoms with van der Waals surface area (Å²) in [4.78, 5) is 0. The zero-order chi connectivity index (χ0) is 13.1. The van der Waals surface area contributed by atoms with E-state index in [0.717, 1.165) is 11.8 Å². The van der Waals surface area contributed by atoms with Crippen molar-refractivity contribution in [3.8, 4) is 11.1 Å². The molecule has 0 amide bonds. The Hall–Kier alpha value is -2.34. The summed E-state index contributed by atoms with van der Waals surface area (Å²) in [7, 11) is 0. The Morgan fingerprint density at radius 1 is 0.947 bits per heavy atom. The lowest BCUT2D eigenvalue weighted by atomic mass is 9.94. The van der Waals surface area contributed by atoms with E-state index in [9.17, 15) is 0 Å². The van der Waals surface area contributed by atoms with Crippen molar-refractivity contribution in [2.75, 3.05) is 0 Å². The van der Waals surface area contributed by atoms with E-state index < -0.39 is 0 Å². The molecule has 0 bridgehead atoms. The fourth-order valence-corrected chi connectivity index (χ4v) is 2.39. The van der Waals surface area contributed by atoms with Gasteiger partial charge in [0.2, 0.25) is 0 Å². The van der Waals surface area contributed by atoms with Crippen LogP contribution in [0, 0.1) is 6.07 Å². The van der Waals surface area contributed by atoms with Crippen molar-refractivity contribution in [3.63, 3.8) is 0 Å². The third-order valence-electron chi connectivity index (χ3n) is 3.30. The van der Waals surface area contributed by atoms with Gasteiger partial charge in [-0.25, -0.2) is 0 Å². The van der Waals surface area contributed by atoms with E-state index in [2.05, 4.69) is 67.2 Å². The minimum absolute atomic E-state index is 0.867. The summed E-state index contributed by atoms with van der Waals surface area (Å²) in [5.74, 6) is 0.